The molecule has 1 heteroatoms. The maximum Gasteiger partial charge on any atom is 0.0628 e. The highest BCUT2D eigenvalue weighted by Gasteiger charge is 2.28. The largest absolute Gasteiger partial charge is 0.392 e. The van der Waals surface area contributed by atoms with Crippen LogP contribution in [-0.4, -0.2) is 11.2 Å². The highest BCUT2D eigenvalue weighted by Crippen LogP contribution is 2.32. The van der Waals surface area contributed by atoms with Crippen molar-refractivity contribution in [2.45, 2.75) is 65.4 Å². The van der Waals surface area contributed by atoms with Gasteiger partial charge in [0, 0.05) is 5.41 Å². The topological polar surface area (TPSA) is 20.2 Å². The minimum atomic E-state index is -0.216. The number of aliphatic hydroxyl groups excluding tert-OH is 1. The monoisotopic (exact) mass is 198 g/mol. The molecule has 1 nitrogen and oxygen atoms in total. The van der Waals surface area contributed by atoms with E-state index in [4.69, 9.17) is 0 Å². The molecule has 2 atom stereocenters. The molecule has 0 amide bonds. The van der Waals surface area contributed by atoms with Crippen LogP contribution in [0.3, 0.4) is 0 Å². The van der Waals surface area contributed by atoms with Gasteiger partial charge < -0.3 is 5.11 Å². The first-order chi connectivity index (χ1) is 6.60. The van der Waals surface area contributed by atoms with Crippen molar-refractivity contribution in [1.82, 2.24) is 0 Å². The Kier molecular flexibility index (Phi) is 6.90. The van der Waals surface area contributed by atoms with Crippen LogP contribution in [0.1, 0.15) is 59.3 Å². The molecule has 0 saturated carbocycles. The zero-order valence-electron chi connectivity index (χ0n) is 10.1. The van der Waals surface area contributed by atoms with Crippen LogP contribution in [0.25, 0.3) is 0 Å². The lowest BCUT2D eigenvalue weighted by atomic mass is 9.78. The number of rotatable bonds is 8. The van der Waals surface area contributed by atoms with E-state index in [1.54, 1.807) is 0 Å². The number of hydrogen-bond acceptors (Lipinski definition) is 1. The summed E-state index contributed by atoms with van der Waals surface area (Å²) in [5, 5.41) is 10.1. The fourth-order valence-electron chi connectivity index (χ4n) is 1.69. The van der Waals surface area contributed by atoms with Gasteiger partial charge in [0.1, 0.15) is 0 Å². The molecule has 0 radical (unpaired) electrons. The average molecular weight is 198 g/mol. The molecule has 0 aliphatic heterocycles. The minimum absolute atomic E-state index is 0.0782. The molecule has 0 aromatic rings. The Hall–Kier alpha value is -0.300. The van der Waals surface area contributed by atoms with Crippen LogP contribution < -0.4 is 0 Å². The third kappa shape index (κ3) is 4.28. The first-order valence-corrected chi connectivity index (χ1v) is 5.92. The van der Waals surface area contributed by atoms with Gasteiger partial charge >= 0.3 is 0 Å². The summed E-state index contributed by atoms with van der Waals surface area (Å²) in [6.45, 7) is 10.3. The van der Waals surface area contributed by atoms with Crippen molar-refractivity contribution in [2.75, 3.05) is 0 Å². The van der Waals surface area contributed by atoms with Gasteiger partial charge in [0.05, 0.1) is 6.10 Å². The number of unbranched alkanes of at least 4 members (excludes halogenated alkanes) is 2. The summed E-state index contributed by atoms with van der Waals surface area (Å²) in [6.07, 6.45) is 8.29. The Morgan fingerprint density at radius 3 is 2.29 bits per heavy atom. The van der Waals surface area contributed by atoms with Gasteiger partial charge in [0.25, 0.3) is 0 Å². The number of hydrogen-bond donors (Lipinski definition) is 1. The molecule has 0 aromatic carbocycles. The van der Waals surface area contributed by atoms with Crippen LogP contribution >= 0.6 is 0 Å². The highest BCUT2D eigenvalue weighted by atomic mass is 16.3. The lowest BCUT2D eigenvalue weighted by Crippen LogP contribution is -2.30. The van der Waals surface area contributed by atoms with Gasteiger partial charge in [0.2, 0.25) is 0 Å². The first kappa shape index (κ1) is 13.7. The van der Waals surface area contributed by atoms with Crippen molar-refractivity contribution in [3.05, 3.63) is 12.7 Å². The zero-order chi connectivity index (χ0) is 11.0. The smallest absolute Gasteiger partial charge is 0.0628 e. The fourth-order valence-corrected chi connectivity index (χ4v) is 1.69. The molecular formula is C13H26O. The van der Waals surface area contributed by atoms with Crippen LogP contribution in [0.2, 0.25) is 0 Å². The lowest BCUT2D eigenvalue weighted by molar-refractivity contribution is 0.0537. The molecule has 0 saturated heterocycles. The maximum atomic E-state index is 10.1. The number of aliphatic hydroxyl groups is 1. The molecular weight excluding hydrogens is 172 g/mol. The molecule has 0 heterocycles. The van der Waals surface area contributed by atoms with Crippen LogP contribution in [0.5, 0.6) is 0 Å². The lowest BCUT2D eigenvalue weighted by Gasteiger charge is -2.31. The summed E-state index contributed by atoms with van der Waals surface area (Å²) >= 11 is 0. The molecule has 14 heavy (non-hydrogen) atoms. The second-order valence-corrected chi connectivity index (χ2v) is 4.47. The maximum absolute atomic E-state index is 10.1. The minimum Gasteiger partial charge on any atom is -0.392 e. The molecule has 1 N–H and O–H groups in total. The predicted molar refractivity (Wildman–Crippen MR) is 63.4 cm³/mol. The molecule has 0 rings (SSSR count). The van der Waals surface area contributed by atoms with Gasteiger partial charge in [-0.15, -0.1) is 6.58 Å². The van der Waals surface area contributed by atoms with E-state index < -0.39 is 0 Å². The van der Waals surface area contributed by atoms with Crippen molar-refractivity contribution in [3.8, 4) is 0 Å². The summed E-state index contributed by atoms with van der Waals surface area (Å²) in [7, 11) is 0. The van der Waals surface area contributed by atoms with E-state index >= 15 is 0 Å². The summed E-state index contributed by atoms with van der Waals surface area (Å²) in [6, 6.07) is 0. The summed E-state index contributed by atoms with van der Waals surface area (Å²) in [4.78, 5) is 0. The SMILES string of the molecule is C=C[C@](C)(CCCC)[C@H](O)CCCC. The average Bonchev–Trinajstić information content (AvgIpc) is 2.22. The third-order valence-corrected chi connectivity index (χ3v) is 3.13. The van der Waals surface area contributed by atoms with E-state index in [0.717, 1.165) is 25.7 Å². The Labute approximate surface area is 89.2 Å². The van der Waals surface area contributed by atoms with Crippen LogP contribution in [-0.2, 0) is 0 Å². The van der Waals surface area contributed by atoms with Crippen LogP contribution in [0.4, 0.5) is 0 Å². The van der Waals surface area contributed by atoms with Crippen LogP contribution in [0.15, 0.2) is 12.7 Å². The molecule has 0 aromatic heterocycles. The highest BCUT2D eigenvalue weighted by molar-refractivity contribution is 4.96. The van der Waals surface area contributed by atoms with Gasteiger partial charge in [-0.3, -0.25) is 0 Å². The first-order valence-electron chi connectivity index (χ1n) is 5.92. The molecule has 0 bridgehead atoms. The van der Waals surface area contributed by atoms with Gasteiger partial charge in [0.15, 0.2) is 0 Å². The second-order valence-electron chi connectivity index (χ2n) is 4.47. The fraction of sp³-hybridized carbons (Fsp3) is 0.846. The summed E-state index contributed by atoms with van der Waals surface area (Å²) < 4.78 is 0. The Balaban J connectivity index is 4.11. The van der Waals surface area contributed by atoms with E-state index in [1.165, 1.54) is 12.8 Å². The summed E-state index contributed by atoms with van der Waals surface area (Å²) in [5.74, 6) is 0. The van der Waals surface area contributed by atoms with E-state index in [-0.39, 0.29) is 11.5 Å². The Morgan fingerprint density at radius 1 is 1.29 bits per heavy atom. The van der Waals surface area contributed by atoms with Gasteiger partial charge in [-0.2, -0.15) is 0 Å². The van der Waals surface area contributed by atoms with Crippen molar-refractivity contribution < 1.29 is 5.11 Å². The van der Waals surface area contributed by atoms with Crippen molar-refractivity contribution in [1.29, 1.82) is 0 Å². The van der Waals surface area contributed by atoms with Crippen LogP contribution in [0, 0.1) is 5.41 Å². The third-order valence-electron chi connectivity index (χ3n) is 3.13. The van der Waals surface area contributed by atoms with Gasteiger partial charge in [-0.05, 0) is 12.8 Å². The molecule has 0 spiro atoms. The van der Waals surface area contributed by atoms with E-state index in [2.05, 4.69) is 27.4 Å². The normalized spacial score (nSPS) is 17.4. The molecule has 0 aliphatic carbocycles. The molecule has 0 unspecified atom stereocenters. The Morgan fingerprint density at radius 2 is 1.86 bits per heavy atom. The van der Waals surface area contributed by atoms with Crippen molar-refractivity contribution in [3.63, 3.8) is 0 Å². The van der Waals surface area contributed by atoms with Gasteiger partial charge in [-0.1, -0.05) is 52.5 Å². The summed E-state index contributed by atoms with van der Waals surface area (Å²) in [5.41, 5.74) is -0.0782. The Bertz CT molecular complexity index is 153. The second kappa shape index (κ2) is 7.05. The van der Waals surface area contributed by atoms with Crippen molar-refractivity contribution >= 4 is 0 Å². The van der Waals surface area contributed by atoms with Gasteiger partial charge in [-0.25, -0.2) is 0 Å². The quantitative estimate of drug-likeness (QED) is 0.586. The standard InChI is InChI=1S/C13H26O/c1-5-8-10-12(14)13(4,7-3)11-9-6-2/h7,12,14H,3,5-6,8-11H2,1-2,4H3/t12-,13-/m1/s1. The van der Waals surface area contributed by atoms with E-state index in [9.17, 15) is 5.11 Å². The molecule has 0 aliphatic rings. The molecule has 84 valence electrons. The van der Waals surface area contributed by atoms with Crippen molar-refractivity contribution in [2.24, 2.45) is 5.41 Å². The molecule has 0 fully saturated rings. The van der Waals surface area contributed by atoms with E-state index in [0.29, 0.717) is 0 Å². The van der Waals surface area contributed by atoms with E-state index in [1.807, 2.05) is 6.08 Å². The zero-order valence-corrected chi connectivity index (χ0v) is 10.1. The predicted octanol–water partition coefficient (Wildman–Crippen LogP) is 3.92.